The summed E-state index contributed by atoms with van der Waals surface area (Å²) in [6, 6.07) is 8.82. The fourth-order valence-corrected chi connectivity index (χ4v) is 2.01. The second-order valence-electron chi connectivity index (χ2n) is 5.13. The summed E-state index contributed by atoms with van der Waals surface area (Å²) in [5.74, 6) is 0.328. The summed E-state index contributed by atoms with van der Waals surface area (Å²) >= 11 is 0. The number of aromatic nitrogens is 2. The van der Waals surface area contributed by atoms with E-state index in [1.165, 1.54) is 0 Å². The lowest BCUT2D eigenvalue weighted by molar-refractivity contribution is -0.145. The molecule has 8 heteroatoms. The Kier molecular flexibility index (Phi) is 6.75. The first-order chi connectivity index (χ1) is 11.6. The van der Waals surface area contributed by atoms with E-state index < -0.39 is 6.03 Å². The Labute approximate surface area is 139 Å². The van der Waals surface area contributed by atoms with Crippen molar-refractivity contribution in [2.75, 3.05) is 6.54 Å². The number of carbonyl (C=O) groups is 2. The molecule has 0 saturated carbocycles. The van der Waals surface area contributed by atoms with Crippen LogP contribution in [0.15, 0.2) is 34.7 Å². The molecule has 1 heterocycles. The summed E-state index contributed by atoms with van der Waals surface area (Å²) in [6.45, 7) is 0.469. The van der Waals surface area contributed by atoms with E-state index in [2.05, 4.69) is 15.5 Å². The number of benzene rings is 1. The van der Waals surface area contributed by atoms with Gasteiger partial charge in [-0.05, 0) is 25.0 Å². The van der Waals surface area contributed by atoms with Crippen LogP contribution in [0.4, 0.5) is 4.79 Å². The van der Waals surface area contributed by atoms with Gasteiger partial charge >= 0.3 is 12.0 Å². The lowest BCUT2D eigenvalue weighted by atomic mass is 10.2. The lowest BCUT2D eigenvalue weighted by Gasteiger charge is -2.03. The third-order valence-corrected chi connectivity index (χ3v) is 3.20. The van der Waals surface area contributed by atoms with Crippen molar-refractivity contribution in [2.24, 2.45) is 5.73 Å². The Morgan fingerprint density at radius 1 is 1.12 bits per heavy atom. The molecule has 8 nitrogen and oxygen atoms in total. The molecule has 0 bridgehead atoms. The molecule has 3 N–H and O–H groups in total. The number of hydrogen-bond donors (Lipinski definition) is 2. The van der Waals surface area contributed by atoms with Gasteiger partial charge < -0.3 is 20.2 Å². The first-order valence-corrected chi connectivity index (χ1v) is 7.72. The summed E-state index contributed by atoms with van der Waals surface area (Å²) in [4.78, 5) is 22.1. The average Bonchev–Trinajstić information content (AvgIpc) is 3.06. The maximum absolute atomic E-state index is 11.6. The molecule has 0 aliphatic carbocycles. The topological polar surface area (TPSA) is 120 Å². The third kappa shape index (κ3) is 6.07. The van der Waals surface area contributed by atoms with Gasteiger partial charge in [-0.2, -0.15) is 0 Å². The summed E-state index contributed by atoms with van der Waals surface area (Å²) in [7, 11) is 0. The van der Waals surface area contributed by atoms with Gasteiger partial charge in [-0.15, -0.1) is 10.2 Å². The zero-order valence-corrected chi connectivity index (χ0v) is 13.2. The first-order valence-electron chi connectivity index (χ1n) is 7.72. The number of esters is 1. The van der Waals surface area contributed by atoms with Crippen molar-refractivity contribution in [3.05, 3.63) is 36.2 Å². The van der Waals surface area contributed by atoms with Crippen LogP contribution in [0.25, 0.3) is 11.5 Å². The molecule has 24 heavy (non-hydrogen) atoms. The Hall–Kier alpha value is -2.90. The van der Waals surface area contributed by atoms with Gasteiger partial charge in [0.15, 0.2) is 6.61 Å². The van der Waals surface area contributed by atoms with Crippen LogP contribution < -0.4 is 11.1 Å². The molecule has 0 radical (unpaired) electrons. The number of ether oxygens (including phenoxy) is 1. The van der Waals surface area contributed by atoms with E-state index in [-0.39, 0.29) is 18.5 Å². The van der Waals surface area contributed by atoms with Gasteiger partial charge in [-0.1, -0.05) is 24.6 Å². The Balaban J connectivity index is 1.64. The van der Waals surface area contributed by atoms with Crippen molar-refractivity contribution in [1.82, 2.24) is 15.5 Å². The lowest BCUT2D eigenvalue weighted by Crippen LogP contribution is -2.29. The van der Waals surface area contributed by atoms with Gasteiger partial charge in [0, 0.05) is 18.5 Å². The molecule has 128 valence electrons. The monoisotopic (exact) mass is 332 g/mol. The molecule has 0 fully saturated rings. The van der Waals surface area contributed by atoms with E-state index in [0.717, 1.165) is 18.4 Å². The highest BCUT2D eigenvalue weighted by atomic mass is 16.5. The normalized spacial score (nSPS) is 10.3. The number of nitrogens with two attached hydrogens (primary N) is 1. The fraction of sp³-hybridized carbons (Fsp3) is 0.375. The van der Waals surface area contributed by atoms with E-state index in [0.29, 0.717) is 25.3 Å². The Morgan fingerprint density at radius 2 is 1.92 bits per heavy atom. The molecule has 0 atom stereocenters. The van der Waals surface area contributed by atoms with E-state index in [9.17, 15) is 9.59 Å². The number of amides is 2. The number of rotatable bonds is 9. The van der Waals surface area contributed by atoms with E-state index in [1.54, 1.807) is 0 Å². The molecule has 2 aromatic rings. The molecule has 1 aromatic heterocycles. The summed E-state index contributed by atoms with van der Waals surface area (Å²) in [5, 5.41) is 10.3. The van der Waals surface area contributed by atoms with Crippen molar-refractivity contribution in [2.45, 2.75) is 32.3 Å². The maximum Gasteiger partial charge on any atom is 0.312 e. The Bertz CT molecular complexity index is 657. The van der Waals surface area contributed by atoms with Crippen molar-refractivity contribution in [3.8, 4) is 11.5 Å². The van der Waals surface area contributed by atoms with Crippen LogP contribution in [0.5, 0.6) is 0 Å². The van der Waals surface area contributed by atoms with E-state index in [1.807, 2.05) is 30.3 Å². The second-order valence-corrected chi connectivity index (χ2v) is 5.13. The quantitative estimate of drug-likeness (QED) is 0.535. The van der Waals surface area contributed by atoms with Gasteiger partial charge in [-0.25, -0.2) is 4.79 Å². The molecule has 2 amide bonds. The number of unbranched alkanes of at least 4 members (excludes halogenated alkanes) is 2. The van der Waals surface area contributed by atoms with Crippen LogP contribution in [0.1, 0.15) is 31.6 Å². The minimum absolute atomic E-state index is 0.0398. The SMILES string of the molecule is NC(=O)NCCCCCC(=O)OCc1nnc(-c2ccccc2)o1. The second kappa shape index (κ2) is 9.29. The van der Waals surface area contributed by atoms with Crippen LogP contribution in [-0.2, 0) is 16.1 Å². The van der Waals surface area contributed by atoms with Crippen LogP contribution >= 0.6 is 0 Å². The van der Waals surface area contributed by atoms with Gasteiger partial charge in [0.05, 0.1) is 0 Å². The first kappa shape index (κ1) is 17.5. The maximum atomic E-state index is 11.6. The number of carbonyl (C=O) groups excluding carboxylic acids is 2. The molecule has 1 aromatic carbocycles. The van der Waals surface area contributed by atoms with Crippen LogP contribution in [0.3, 0.4) is 0 Å². The van der Waals surface area contributed by atoms with E-state index >= 15 is 0 Å². The van der Waals surface area contributed by atoms with Crippen molar-refractivity contribution in [1.29, 1.82) is 0 Å². The van der Waals surface area contributed by atoms with Gasteiger partial charge in [0.2, 0.25) is 5.89 Å². The van der Waals surface area contributed by atoms with Crippen LogP contribution in [-0.4, -0.2) is 28.7 Å². The van der Waals surface area contributed by atoms with Crippen LogP contribution in [0.2, 0.25) is 0 Å². The fourth-order valence-electron chi connectivity index (χ4n) is 2.01. The number of nitrogens with one attached hydrogen (secondary N) is 1. The zero-order valence-electron chi connectivity index (χ0n) is 13.2. The minimum atomic E-state index is -0.538. The molecule has 0 saturated heterocycles. The summed E-state index contributed by atoms with van der Waals surface area (Å²) < 4.78 is 10.5. The predicted molar refractivity (Wildman–Crippen MR) is 85.6 cm³/mol. The average molecular weight is 332 g/mol. The highest BCUT2D eigenvalue weighted by Gasteiger charge is 2.10. The third-order valence-electron chi connectivity index (χ3n) is 3.20. The largest absolute Gasteiger partial charge is 0.456 e. The predicted octanol–water partition coefficient (Wildman–Crippen LogP) is 2.01. The molecule has 0 aliphatic rings. The number of nitrogens with zero attached hydrogens (tertiary/aromatic N) is 2. The highest BCUT2D eigenvalue weighted by molar-refractivity contribution is 5.71. The minimum Gasteiger partial charge on any atom is -0.456 e. The molecule has 2 rings (SSSR count). The molecule has 0 aliphatic heterocycles. The smallest absolute Gasteiger partial charge is 0.312 e. The summed E-state index contributed by atoms with van der Waals surface area (Å²) in [6.07, 6.45) is 2.54. The number of hydrogen-bond acceptors (Lipinski definition) is 6. The Morgan fingerprint density at radius 3 is 2.67 bits per heavy atom. The summed E-state index contributed by atoms with van der Waals surface area (Å²) in [5.41, 5.74) is 5.76. The van der Waals surface area contributed by atoms with Gasteiger partial charge in [0.1, 0.15) is 0 Å². The van der Waals surface area contributed by atoms with Crippen molar-refractivity contribution < 1.29 is 18.7 Å². The highest BCUT2D eigenvalue weighted by Crippen LogP contribution is 2.17. The molecule has 0 unspecified atom stereocenters. The molecule has 0 spiro atoms. The van der Waals surface area contributed by atoms with E-state index in [4.69, 9.17) is 14.9 Å². The van der Waals surface area contributed by atoms with Gasteiger partial charge in [-0.3, -0.25) is 4.79 Å². The van der Waals surface area contributed by atoms with Crippen LogP contribution in [0, 0.1) is 0 Å². The number of urea groups is 1. The van der Waals surface area contributed by atoms with Crippen molar-refractivity contribution in [3.63, 3.8) is 0 Å². The zero-order chi connectivity index (χ0) is 17.2. The number of primary amides is 1. The molecular weight excluding hydrogens is 312 g/mol. The standard InChI is InChI=1S/C16H20N4O4/c17-16(22)18-10-6-2-5-9-14(21)23-11-13-19-20-15(24-13)12-7-3-1-4-8-12/h1,3-4,7-8H,2,5-6,9-11H2,(H3,17,18,22). The van der Waals surface area contributed by atoms with Crippen molar-refractivity contribution >= 4 is 12.0 Å². The van der Waals surface area contributed by atoms with Gasteiger partial charge in [0.25, 0.3) is 5.89 Å². The molecular formula is C16H20N4O4.